The maximum Gasteiger partial charge on any atom is 0.337 e. The van der Waals surface area contributed by atoms with E-state index in [-0.39, 0.29) is 5.97 Å². The van der Waals surface area contributed by atoms with Gasteiger partial charge in [0.25, 0.3) is 0 Å². The molecule has 0 radical (unpaired) electrons. The first-order valence-corrected chi connectivity index (χ1v) is 6.85. The normalized spacial score (nSPS) is 10.1. The van der Waals surface area contributed by atoms with Crippen molar-refractivity contribution in [1.29, 1.82) is 0 Å². The molecule has 110 valence electrons. The lowest BCUT2D eigenvalue weighted by Gasteiger charge is -2.08. The maximum atomic E-state index is 11.4. The number of carbonyl (C=O) groups excluding carboxylic acids is 1. The summed E-state index contributed by atoms with van der Waals surface area (Å²) in [6, 6.07) is 17.2. The van der Waals surface area contributed by atoms with Crippen molar-refractivity contribution in [3.8, 4) is 5.75 Å². The van der Waals surface area contributed by atoms with E-state index in [1.165, 1.54) is 12.7 Å². The van der Waals surface area contributed by atoms with Gasteiger partial charge in [0.15, 0.2) is 0 Å². The van der Waals surface area contributed by atoms with Crippen molar-refractivity contribution >= 4 is 5.97 Å². The molecule has 0 bridgehead atoms. The van der Waals surface area contributed by atoms with Crippen LogP contribution in [0, 0.1) is 0 Å². The Morgan fingerprint density at radius 2 is 1.90 bits per heavy atom. The number of carbonyl (C=O) groups is 1. The van der Waals surface area contributed by atoms with Gasteiger partial charge in [0.05, 0.1) is 12.7 Å². The Hall–Kier alpha value is -2.33. The van der Waals surface area contributed by atoms with Gasteiger partial charge in [-0.1, -0.05) is 36.4 Å². The van der Waals surface area contributed by atoms with Crippen LogP contribution in [0.2, 0.25) is 0 Å². The molecular formula is C17H19NO3. The zero-order valence-corrected chi connectivity index (χ0v) is 12.0. The molecule has 2 aromatic rings. The van der Waals surface area contributed by atoms with Crippen molar-refractivity contribution in [1.82, 2.24) is 5.32 Å². The summed E-state index contributed by atoms with van der Waals surface area (Å²) < 4.78 is 10.3. The summed E-state index contributed by atoms with van der Waals surface area (Å²) >= 11 is 0. The third kappa shape index (κ3) is 4.93. The Morgan fingerprint density at radius 3 is 2.67 bits per heavy atom. The Kier molecular flexibility index (Phi) is 5.79. The SMILES string of the molecule is COC(=O)c1cccc(OCCNCc2ccccc2)c1. The van der Waals surface area contributed by atoms with Crippen molar-refractivity contribution in [2.45, 2.75) is 6.54 Å². The molecule has 2 aromatic carbocycles. The fourth-order valence-corrected chi connectivity index (χ4v) is 1.90. The molecule has 0 aliphatic carbocycles. The molecule has 0 aromatic heterocycles. The molecule has 21 heavy (non-hydrogen) atoms. The number of ether oxygens (including phenoxy) is 2. The summed E-state index contributed by atoms with van der Waals surface area (Å²) in [6.07, 6.45) is 0. The molecular weight excluding hydrogens is 266 g/mol. The Morgan fingerprint density at radius 1 is 1.10 bits per heavy atom. The van der Waals surface area contributed by atoms with Gasteiger partial charge in [-0.15, -0.1) is 0 Å². The first-order chi connectivity index (χ1) is 10.3. The van der Waals surface area contributed by atoms with E-state index in [9.17, 15) is 4.79 Å². The third-order valence-electron chi connectivity index (χ3n) is 2.97. The molecule has 0 spiro atoms. The van der Waals surface area contributed by atoms with Gasteiger partial charge in [-0.25, -0.2) is 4.79 Å². The second-order valence-electron chi connectivity index (χ2n) is 4.53. The zero-order valence-electron chi connectivity index (χ0n) is 12.0. The highest BCUT2D eigenvalue weighted by molar-refractivity contribution is 5.89. The summed E-state index contributed by atoms with van der Waals surface area (Å²) in [5.74, 6) is 0.307. The van der Waals surface area contributed by atoms with E-state index in [0.717, 1.165) is 13.1 Å². The molecule has 0 unspecified atom stereocenters. The van der Waals surface area contributed by atoms with Crippen LogP contribution in [0.1, 0.15) is 15.9 Å². The van der Waals surface area contributed by atoms with Crippen LogP contribution >= 0.6 is 0 Å². The van der Waals surface area contributed by atoms with Gasteiger partial charge < -0.3 is 14.8 Å². The lowest BCUT2D eigenvalue weighted by atomic mass is 10.2. The molecule has 0 atom stereocenters. The summed E-state index contributed by atoms with van der Waals surface area (Å²) in [6.45, 7) is 2.08. The topological polar surface area (TPSA) is 47.6 Å². The van der Waals surface area contributed by atoms with Crippen LogP contribution in [-0.2, 0) is 11.3 Å². The zero-order chi connectivity index (χ0) is 14.9. The number of rotatable bonds is 7. The van der Waals surface area contributed by atoms with E-state index in [4.69, 9.17) is 4.74 Å². The van der Waals surface area contributed by atoms with Crippen LogP contribution in [0.15, 0.2) is 54.6 Å². The fourth-order valence-electron chi connectivity index (χ4n) is 1.90. The van der Waals surface area contributed by atoms with Gasteiger partial charge in [-0.2, -0.15) is 0 Å². The molecule has 0 saturated carbocycles. The van der Waals surface area contributed by atoms with Gasteiger partial charge in [0.1, 0.15) is 12.4 Å². The van der Waals surface area contributed by atoms with Crippen LogP contribution in [0.3, 0.4) is 0 Å². The molecule has 4 heteroatoms. The number of methoxy groups -OCH3 is 1. The highest BCUT2D eigenvalue weighted by Gasteiger charge is 2.05. The van der Waals surface area contributed by atoms with Crippen LogP contribution in [-0.4, -0.2) is 26.2 Å². The summed E-state index contributed by atoms with van der Waals surface area (Å²) in [7, 11) is 1.36. The standard InChI is InChI=1S/C17H19NO3/c1-20-17(19)15-8-5-9-16(12-15)21-11-10-18-13-14-6-3-2-4-7-14/h2-9,12,18H,10-11,13H2,1H3. The smallest absolute Gasteiger partial charge is 0.337 e. The second-order valence-corrected chi connectivity index (χ2v) is 4.53. The van der Waals surface area contributed by atoms with E-state index < -0.39 is 0 Å². The van der Waals surface area contributed by atoms with Gasteiger partial charge >= 0.3 is 5.97 Å². The number of hydrogen-bond donors (Lipinski definition) is 1. The first-order valence-electron chi connectivity index (χ1n) is 6.85. The molecule has 0 amide bonds. The Balaban J connectivity index is 1.72. The summed E-state index contributed by atoms with van der Waals surface area (Å²) in [5.41, 5.74) is 1.73. The highest BCUT2D eigenvalue weighted by atomic mass is 16.5. The van der Waals surface area contributed by atoms with E-state index in [0.29, 0.717) is 17.9 Å². The molecule has 2 rings (SSSR count). The van der Waals surface area contributed by atoms with Gasteiger partial charge in [0, 0.05) is 13.1 Å². The number of hydrogen-bond acceptors (Lipinski definition) is 4. The third-order valence-corrected chi connectivity index (χ3v) is 2.97. The highest BCUT2D eigenvalue weighted by Crippen LogP contribution is 2.13. The van der Waals surface area contributed by atoms with E-state index in [1.807, 2.05) is 24.3 Å². The van der Waals surface area contributed by atoms with Crippen LogP contribution in [0.4, 0.5) is 0 Å². The van der Waals surface area contributed by atoms with Crippen molar-refractivity contribution < 1.29 is 14.3 Å². The van der Waals surface area contributed by atoms with Crippen LogP contribution in [0.5, 0.6) is 5.75 Å². The van der Waals surface area contributed by atoms with Gasteiger partial charge in [-0.05, 0) is 23.8 Å². The lowest BCUT2D eigenvalue weighted by molar-refractivity contribution is 0.0600. The average molecular weight is 285 g/mol. The monoisotopic (exact) mass is 285 g/mol. The van der Waals surface area contributed by atoms with E-state index in [2.05, 4.69) is 22.2 Å². The van der Waals surface area contributed by atoms with Crippen molar-refractivity contribution in [3.05, 3.63) is 65.7 Å². The minimum atomic E-state index is -0.359. The van der Waals surface area contributed by atoms with Gasteiger partial charge in [-0.3, -0.25) is 0 Å². The minimum Gasteiger partial charge on any atom is -0.492 e. The van der Waals surface area contributed by atoms with Crippen molar-refractivity contribution in [2.24, 2.45) is 0 Å². The first kappa shape index (κ1) is 15.1. The Labute approximate surface area is 124 Å². The van der Waals surface area contributed by atoms with Crippen LogP contribution < -0.4 is 10.1 Å². The molecule has 1 N–H and O–H groups in total. The summed E-state index contributed by atoms with van der Waals surface area (Å²) in [5, 5.41) is 3.30. The molecule has 0 fully saturated rings. The largest absolute Gasteiger partial charge is 0.492 e. The van der Waals surface area contributed by atoms with E-state index >= 15 is 0 Å². The van der Waals surface area contributed by atoms with Gasteiger partial charge in [0.2, 0.25) is 0 Å². The fraction of sp³-hybridized carbons (Fsp3) is 0.235. The molecule has 0 aliphatic rings. The number of benzene rings is 2. The quantitative estimate of drug-likeness (QED) is 0.627. The molecule has 4 nitrogen and oxygen atoms in total. The number of esters is 1. The van der Waals surface area contributed by atoms with E-state index in [1.54, 1.807) is 18.2 Å². The minimum absolute atomic E-state index is 0.359. The van der Waals surface area contributed by atoms with Crippen molar-refractivity contribution in [3.63, 3.8) is 0 Å². The predicted octanol–water partition coefficient (Wildman–Crippen LogP) is 2.64. The van der Waals surface area contributed by atoms with Crippen molar-refractivity contribution in [2.75, 3.05) is 20.3 Å². The lowest BCUT2D eigenvalue weighted by Crippen LogP contribution is -2.20. The average Bonchev–Trinajstić information content (AvgIpc) is 2.55. The number of nitrogens with one attached hydrogen (secondary N) is 1. The summed E-state index contributed by atoms with van der Waals surface area (Å²) in [4.78, 5) is 11.4. The van der Waals surface area contributed by atoms with Crippen LogP contribution in [0.25, 0.3) is 0 Å². The maximum absolute atomic E-state index is 11.4. The predicted molar refractivity (Wildman–Crippen MR) is 81.4 cm³/mol. The second kappa shape index (κ2) is 8.07. The molecule has 0 heterocycles. The Bertz CT molecular complexity index is 569. The molecule has 0 aliphatic heterocycles. The molecule has 0 saturated heterocycles.